The molecule has 0 fully saturated rings. The van der Waals surface area contributed by atoms with Crippen molar-refractivity contribution in [3.63, 3.8) is 0 Å². The highest BCUT2D eigenvalue weighted by Gasteiger charge is 2.22. The second kappa shape index (κ2) is 11.9. The number of rotatable bonds is 5. The Morgan fingerprint density at radius 3 is 1.69 bits per heavy atom. The first-order valence-corrected chi connectivity index (χ1v) is 17.1. The average molecular weight is 652 g/mol. The number of aromatic nitrogens is 3. The van der Waals surface area contributed by atoms with Crippen LogP contribution in [0.25, 0.3) is 99.9 Å². The molecule has 2 heterocycles. The van der Waals surface area contributed by atoms with E-state index in [0.717, 1.165) is 66.3 Å². The Hall–Kier alpha value is -6.91. The maximum Gasteiger partial charge on any atom is 0.165 e. The Bertz CT molecular complexity index is 2930. The molecule has 0 atom stereocenters. The molecule has 0 amide bonds. The highest BCUT2D eigenvalue weighted by atomic mass is 16.3. The van der Waals surface area contributed by atoms with Gasteiger partial charge in [-0.3, -0.25) is 0 Å². The van der Waals surface area contributed by atoms with E-state index in [1.165, 1.54) is 16.2 Å². The predicted octanol–water partition coefficient (Wildman–Crippen LogP) is 12.4. The molecule has 4 heteroatoms. The van der Waals surface area contributed by atoms with Gasteiger partial charge in [0.25, 0.3) is 0 Å². The molecule has 2 aromatic heterocycles. The fraction of sp³-hybridized carbons (Fsp3) is 0. The van der Waals surface area contributed by atoms with Crippen LogP contribution in [0.15, 0.2) is 180 Å². The van der Waals surface area contributed by atoms with Gasteiger partial charge in [0, 0.05) is 27.5 Å². The molecular formula is C47H29N3O. The minimum atomic E-state index is 0.593. The predicted molar refractivity (Wildman–Crippen MR) is 209 cm³/mol. The van der Waals surface area contributed by atoms with Crippen LogP contribution in [0, 0.1) is 0 Å². The highest BCUT2D eigenvalue weighted by molar-refractivity contribution is 6.15. The monoisotopic (exact) mass is 651 g/mol. The number of hydrogen-bond donors (Lipinski definition) is 0. The number of para-hydroxylation sites is 1. The van der Waals surface area contributed by atoms with Gasteiger partial charge < -0.3 is 4.42 Å². The molecule has 10 rings (SSSR count). The summed E-state index contributed by atoms with van der Waals surface area (Å²) in [5.41, 5.74) is 8.76. The van der Waals surface area contributed by atoms with Gasteiger partial charge in [0.1, 0.15) is 11.2 Å². The van der Waals surface area contributed by atoms with Crippen LogP contribution in [0.4, 0.5) is 0 Å². The van der Waals surface area contributed by atoms with Crippen molar-refractivity contribution in [1.29, 1.82) is 0 Å². The number of benzene rings is 8. The second-order valence-corrected chi connectivity index (χ2v) is 12.8. The third-order valence-electron chi connectivity index (χ3n) is 9.70. The van der Waals surface area contributed by atoms with Crippen LogP contribution < -0.4 is 0 Å². The van der Waals surface area contributed by atoms with Crippen LogP contribution >= 0.6 is 0 Å². The highest BCUT2D eigenvalue weighted by Crippen LogP contribution is 2.43. The van der Waals surface area contributed by atoms with Gasteiger partial charge in [-0.1, -0.05) is 140 Å². The lowest BCUT2D eigenvalue weighted by atomic mass is 9.92. The fourth-order valence-electron chi connectivity index (χ4n) is 7.19. The van der Waals surface area contributed by atoms with Gasteiger partial charge in [-0.05, 0) is 80.2 Å². The molecule has 238 valence electrons. The summed E-state index contributed by atoms with van der Waals surface area (Å²) in [5.74, 6) is 1.82. The third-order valence-corrected chi connectivity index (χ3v) is 9.70. The van der Waals surface area contributed by atoms with E-state index in [2.05, 4.69) is 133 Å². The zero-order valence-corrected chi connectivity index (χ0v) is 27.5. The Morgan fingerprint density at radius 2 is 0.902 bits per heavy atom. The summed E-state index contributed by atoms with van der Waals surface area (Å²) in [6.45, 7) is 0. The molecule has 0 radical (unpaired) electrons. The van der Waals surface area contributed by atoms with E-state index in [4.69, 9.17) is 19.4 Å². The quantitative estimate of drug-likeness (QED) is 0.186. The zero-order chi connectivity index (χ0) is 33.7. The first kappa shape index (κ1) is 29.0. The van der Waals surface area contributed by atoms with Gasteiger partial charge in [0.15, 0.2) is 17.5 Å². The van der Waals surface area contributed by atoms with Gasteiger partial charge >= 0.3 is 0 Å². The molecule has 0 saturated heterocycles. The molecule has 8 aromatic carbocycles. The Labute approximate surface area is 294 Å². The van der Waals surface area contributed by atoms with Gasteiger partial charge in [0.05, 0.1) is 0 Å². The van der Waals surface area contributed by atoms with Crippen LogP contribution in [0.2, 0.25) is 0 Å². The van der Waals surface area contributed by atoms with Crippen molar-refractivity contribution in [2.75, 3.05) is 0 Å². The van der Waals surface area contributed by atoms with Gasteiger partial charge in [-0.15, -0.1) is 0 Å². The minimum absolute atomic E-state index is 0.593. The fourth-order valence-corrected chi connectivity index (χ4v) is 7.19. The molecule has 0 aliphatic heterocycles. The minimum Gasteiger partial charge on any atom is -0.456 e. The second-order valence-electron chi connectivity index (χ2n) is 12.8. The molecule has 0 aliphatic rings. The van der Waals surface area contributed by atoms with Crippen LogP contribution in [0.1, 0.15) is 0 Å². The maximum absolute atomic E-state index is 6.45. The Morgan fingerprint density at radius 1 is 0.333 bits per heavy atom. The van der Waals surface area contributed by atoms with Crippen molar-refractivity contribution in [3.05, 3.63) is 176 Å². The molecule has 0 bridgehead atoms. The van der Waals surface area contributed by atoms with E-state index >= 15 is 0 Å². The number of hydrogen-bond acceptors (Lipinski definition) is 4. The molecule has 51 heavy (non-hydrogen) atoms. The van der Waals surface area contributed by atoms with Crippen molar-refractivity contribution >= 4 is 43.5 Å². The zero-order valence-electron chi connectivity index (χ0n) is 27.5. The number of fused-ring (bicyclic) bond motifs is 5. The molecule has 0 N–H and O–H groups in total. The third kappa shape index (κ3) is 5.13. The Kier molecular flexibility index (Phi) is 6.78. The number of furan rings is 1. The molecule has 0 spiro atoms. The summed E-state index contributed by atoms with van der Waals surface area (Å²) in [5, 5.41) is 6.74. The van der Waals surface area contributed by atoms with Crippen LogP contribution in [0.3, 0.4) is 0 Å². The van der Waals surface area contributed by atoms with Gasteiger partial charge in [0.2, 0.25) is 0 Å². The van der Waals surface area contributed by atoms with Crippen molar-refractivity contribution in [3.8, 4) is 56.4 Å². The van der Waals surface area contributed by atoms with Crippen molar-refractivity contribution < 1.29 is 4.42 Å². The first-order chi connectivity index (χ1) is 25.2. The molecule has 0 unspecified atom stereocenters. The maximum atomic E-state index is 6.45. The van der Waals surface area contributed by atoms with E-state index in [-0.39, 0.29) is 0 Å². The van der Waals surface area contributed by atoms with E-state index < -0.39 is 0 Å². The lowest BCUT2D eigenvalue weighted by molar-refractivity contribution is 0.669. The molecule has 0 aliphatic carbocycles. The van der Waals surface area contributed by atoms with E-state index in [9.17, 15) is 0 Å². The van der Waals surface area contributed by atoms with E-state index in [1.54, 1.807) is 0 Å². The topological polar surface area (TPSA) is 51.8 Å². The average Bonchev–Trinajstić information content (AvgIpc) is 3.59. The summed E-state index contributed by atoms with van der Waals surface area (Å²) in [4.78, 5) is 15.6. The Balaban J connectivity index is 1.24. The van der Waals surface area contributed by atoms with Gasteiger partial charge in [-0.25, -0.2) is 15.0 Å². The number of nitrogens with zero attached hydrogens (tertiary/aromatic N) is 3. The largest absolute Gasteiger partial charge is 0.456 e. The summed E-state index contributed by atoms with van der Waals surface area (Å²) in [6.07, 6.45) is 0. The normalized spacial score (nSPS) is 11.5. The summed E-state index contributed by atoms with van der Waals surface area (Å²) < 4.78 is 6.45. The molecular weight excluding hydrogens is 623 g/mol. The van der Waals surface area contributed by atoms with Gasteiger partial charge in [-0.2, -0.15) is 0 Å². The van der Waals surface area contributed by atoms with Crippen LogP contribution in [-0.4, -0.2) is 15.0 Å². The standard InChI is InChI=1S/C47H29N3O/c1-2-13-32(14-3-1)45-48-46(38-24-22-31-12-5-7-16-34(31)29-38)50-47(49-45)44-39(25-26-42-43(44)40-19-8-9-20-41(40)51-42)37-18-10-17-35(28-37)36-23-21-30-11-4-6-15-33(30)27-36/h1-29H. The summed E-state index contributed by atoms with van der Waals surface area (Å²) >= 11 is 0. The van der Waals surface area contributed by atoms with Crippen molar-refractivity contribution in [1.82, 2.24) is 15.0 Å². The summed E-state index contributed by atoms with van der Waals surface area (Å²) in [6, 6.07) is 61.1. The van der Waals surface area contributed by atoms with Crippen LogP contribution in [0.5, 0.6) is 0 Å². The first-order valence-electron chi connectivity index (χ1n) is 17.1. The lowest BCUT2D eigenvalue weighted by Gasteiger charge is -2.14. The molecule has 10 aromatic rings. The summed E-state index contributed by atoms with van der Waals surface area (Å²) in [7, 11) is 0. The lowest BCUT2D eigenvalue weighted by Crippen LogP contribution is -2.01. The molecule has 0 saturated carbocycles. The van der Waals surface area contributed by atoms with Crippen molar-refractivity contribution in [2.45, 2.75) is 0 Å². The van der Waals surface area contributed by atoms with E-state index in [1.807, 2.05) is 42.5 Å². The van der Waals surface area contributed by atoms with E-state index in [0.29, 0.717) is 17.5 Å². The smallest absolute Gasteiger partial charge is 0.165 e. The SMILES string of the molecule is c1ccc(-c2nc(-c3ccc4ccccc4c3)nc(-c3c(-c4cccc(-c5ccc6ccccc6c5)c4)ccc4oc5ccccc5c34)n2)cc1. The van der Waals surface area contributed by atoms with Crippen molar-refractivity contribution in [2.24, 2.45) is 0 Å². The van der Waals surface area contributed by atoms with Crippen LogP contribution in [-0.2, 0) is 0 Å². The molecule has 4 nitrogen and oxygen atoms in total.